The van der Waals surface area contributed by atoms with E-state index >= 15 is 0 Å². The standard InChI is InChI=1S/C12H12BrNO/c1-2-3-6-14-8-9-7-10(13)4-5-11(9)12(14)15/h2,4-5,7H,1,3,6,8H2. The van der Waals surface area contributed by atoms with Gasteiger partial charge in [0.25, 0.3) is 5.91 Å². The molecule has 0 saturated carbocycles. The number of nitrogens with zero attached hydrogens (tertiary/aromatic N) is 1. The van der Waals surface area contributed by atoms with Gasteiger partial charge in [-0.15, -0.1) is 6.58 Å². The molecule has 2 rings (SSSR count). The summed E-state index contributed by atoms with van der Waals surface area (Å²) < 4.78 is 1.03. The molecule has 0 unspecified atom stereocenters. The van der Waals surface area contributed by atoms with Crippen LogP contribution < -0.4 is 0 Å². The number of fused-ring (bicyclic) bond motifs is 1. The molecule has 0 atom stereocenters. The SMILES string of the molecule is C=CCCN1Cc2cc(Br)ccc2C1=O. The van der Waals surface area contributed by atoms with Crippen LogP contribution in [0.1, 0.15) is 22.3 Å². The van der Waals surface area contributed by atoms with Gasteiger partial charge in [0.1, 0.15) is 0 Å². The third-order valence-electron chi connectivity index (χ3n) is 2.55. The number of halogens is 1. The predicted octanol–water partition coefficient (Wildman–Crippen LogP) is 2.98. The Hall–Kier alpha value is -1.09. The van der Waals surface area contributed by atoms with Crippen molar-refractivity contribution in [3.8, 4) is 0 Å². The van der Waals surface area contributed by atoms with E-state index in [9.17, 15) is 4.79 Å². The van der Waals surface area contributed by atoms with Crippen molar-refractivity contribution in [3.05, 3.63) is 46.5 Å². The van der Waals surface area contributed by atoms with E-state index in [1.807, 2.05) is 29.2 Å². The Bertz CT molecular complexity index is 414. The fourth-order valence-electron chi connectivity index (χ4n) is 1.78. The number of rotatable bonds is 3. The Morgan fingerprint density at radius 1 is 1.53 bits per heavy atom. The van der Waals surface area contributed by atoms with Crippen molar-refractivity contribution in [2.45, 2.75) is 13.0 Å². The van der Waals surface area contributed by atoms with Crippen LogP contribution in [0.25, 0.3) is 0 Å². The van der Waals surface area contributed by atoms with Crippen LogP contribution >= 0.6 is 15.9 Å². The maximum Gasteiger partial charge on any atom is 0.254 e. The van der Waals surface area contributed by atoms with Gasteiger partial charge < -0.3 is 4.90 Å². The van der Waals surface area contributed by atoms with E-state index in [1.165, 1.54) is 0 Å². The van der Waals surface area contributed by atoms with Crippen LogP contribution in [0.3, 0.4) is 0 Å². The van der Waals surface area contributed by atoms with Gasteiger partial charge in [-0.2, -0.15) is 0 Å². The monoisotopic (exact) mass is 265 g/mol. The molecule has 1 heterocycles. The average molecular weight is 266 g/mol. The predicted molar refractivity (Wildman–Crippen MR) is 63.7 cm³/mol. The number of carbonyl (C=O) groups excluding carboxylic acids is 1. The van der Waals surface area contributed by atoms with E-state index in [4.69, 9.17) is 0 Å². The zero-order chi connectivity index (χ0) is 10.8. The van der Waals surface area contributed by atoms with E-state index in [0.29, 0.717) is 0 Å². The summed E-state index contributed by atoms with van der Waals surface area (Å²) in [7, 11) is 0. The first-order valence-electron chi connectivity index (χ1n) is 4.91. The van der Waals surface area contributed by atoms with Crippen molar-refractivity contribution >= 4 is 21.8 Å². The highest BCUT2D eigenvalue weighted by molar-refractivity contribution is 9.10. The Kier molecular flexibility index (Phi) is 2.91. The molecule has 1 aliphatic rings. The average Bonchev–Trinajstić information content (AvgIpc) is 2.52. The second-order valence-corrected chi connectivity index (χ2v) is 4.52. The zero-order valence-electron chi connectivity index (χ0n) is 8.37. The van der Waals surface area contributed by atoms with E-state index in [1.54, 1.807) is 0 Å². The molecule has 0 aromatic heterocycles. The second kappa shape index (κ2) is 4.19. The lowest BCUT2D eigenvalue weighted by molar-refractivity contribution is 0.0781. The lowest BCUT2D eigenvalue weighted by Crippen LogP contribution is -2.24. The molecule has 3 heteroatoms. The van der Waals surface area contributed by atoms with Crippen LogP contribution in [0.5, 0.6) is 0 Å². The highest BCUT2D eigenvalue weighted by Crippen LogP contribution is 2.25. The van der Waals surface area contributed by atoms with Gasteiger partial charge in [-0.05, 0) is 30.2 Å². The van der Waals surface area contributed by atoms with Crippen molar-refractivity contribution in [3.63, 3.8) is 0 Å². The summed E-state index contributed by atoms with van der Waals surface area (Å²) in [4.78, 5) is 13.8. The number of hydrogen-bond donors (Lipinski definition) is 0. The number of carbonyl (C=O) groups is 1. The highest BCUT2D eigenvalue weighted by Gasteiger charge is 2.26. The molecule has 1 amide bonds. The van der Waals surface area contributed by atoms with Gasteiger partial charge in [0.05, 0.1) is 0 Å². The van der Waals surface area contributed by atoms with Crippen molar-refractivity contribution in [1.82, 2.24) is 4.90 Å². The van der Waals surface area contributed by atoms with E-state index < -0.39 is 0 Å². The minimum Gasteiger partial charge on any atom is -0.334 e. The topological polar surface area (TPSA) is 20.3 Å². The molecule has 0 bridgehead atoms. The first kappa shape index (κ1) is 10.4. The molecule has 1 aliphatic heterocycles. The highest BCUT2D eigenvalue weighted by atomic mass is 79.9. The minimum absolute atomic E-state index is 0.138. The van der Waals surface area contributed by atoms with Crippen molar-refractivity contribution in [1.29, 1.82) is 0 Å². The van der Waals surface area contributed by atoms with Crippen LogP contribution in [0.4, 0.5) is 0 Å². The smallest absolute Gasteiger partial charge is 0.254 e. The second-order valence-electron chi connectivity index (χ2n) is 3.61. The lowest BCUT2D eigenvalue weighted by Gasteiger charge is -2.13. The summed E-state index contributed by atoms with van der Waals surface area (Å²) in [5, 5.41) is 0. The van der Waals surface area contributed by atoms with Crippen LogP contribution in [0.2, 0.25) is 0 Å². The van der Waals surface area contributed by atoms with Crippen molar-refractivity contribution in [2.75, 3.05) is 6.54 Å². The Morgan fingerprint density at radius 3 is 3.07 bits per heavy atom. The molecule has 0 fully saturated rings. The number of benzene rings is 1. The number of hydrogen-bond acceptors (Lipinski definition) is 1. The molecule has 78 valence electrons. The van der Waals surface area contributed by atoms with E-state index in [0.717, 1.165) is 35.1 Å². The quantitative estimate of drug-likeness (QED) is 0.770. The summed E-state index contributed by atoms with van der Waals surface area (Å²) in [5.74, 6) is 0.138. The summed E-state index contributed by atoms with van der Waals surface area (Å²) in [6.07, 6.45) is 2.69. The van der Waals surface area contributed by atoms with E-state index in [2.05, 4.69) is 22.5 Å². The lowest BCUT2D eigenvalue weighted by atomic mass is 10.1. The third kappa shape index (κ3) is 1.97. The number of amides is 1. The van der Waals surface area contributed by atoms with Gasteiger partial charge in [-0.25, -0.2) is 0 Å². The van der Waals surface area contributed by atoms with Crippen LogP contribution in [-0.2, 0) is 6.54 Å². The molecule has 0 spiro atoms. The molecular weight excluding hydrogens is 254 g/mol. The largest absolute Gasteiger partial charge is 0.334 e. The molecule has 2 nitrogen and oxygen atoms in total. The normalized spacial score (nSPS) is 14.2. The summed E-state index contributed by atoms with van der Waals surface area (Å²) in [5.41, 5.74) is 1.95. The first-order valence-corrected chi connectivity index (χ1v) is 5.70. The van der Waals surface area contributed by atoms with E-state index in [-0.39, 0.29) is 5.91 Å². The maximum absolute atomic E-state index is 11.9. The molecule has 0 saturated heterocycles. The molecule has 0 radical (unpaired) electrons. The van der Waals surface area contributed by atoms with Crippen LogP contribution in [0, 0.1) is 0 Å². The molecule has 15 heavy (non-hydrogen) atoms. The Balaban J connectivity index is 2.21. The minimum atomic E-state index is 0.138. The van der Waals surface area contributed by atoms with Gasteiger partial charge in [0.2, 0.25) is 0 Å². The maximum atomic E-state index is 11.9. The molecular formula is C12H12BrNO. The van der Waals surface area contributed by atoms with Gasteiger partial charge in [0.15, 0.2) is 0 Å². The summed E-state index contributed by atoms with van der Waals surface area (Å²) in [6.45, 7) is 5.15. The van der Waals surface area contributed by atoms with Gasteiger partial charge >= 0.3 is 0 Å². The van der Waals surface area contributed by atoms with Crippen LogP contribution in [0.15, 0.2) is 35.3 Å². The molecule has 1 aromatic carbocycles. The summed E-state index contributed by atoms with van der Waals surface area (Å²) >= 11 is 3.41. The van der Waals surface area contributed by atoms with Crippen molar-refractivity contribution < 1.29 is 4.79 Å². The Morgan fingerprint density at radius 2 is 2.33 bits per heavy atom. The van der Waals surface area contributed by atoms with Crippen molar-refractivity contribution in [2.24, 2.45) is 0 Å². The molecule has 0 aliphatic carbocycles. The zero-order valence-corrected chi connectivity index (χ0v) is 9.96. The van der Waals surface area contributed by atoms with Gasteiger partial charge in [-0.1, -0.05) is 22.0 Å². The molecule has 1 aromatic rings. The fraction of sp³-hybridized carbons (Fsp3) is 0.250. The van der Waals surface area contributed by atoms with Gasteiger partial charge in [0, 0.05) is 23.1 Å². The fourth-order valence-corrected chi connectivity index (χ4v) is 2.19. The summed E-state index contributed by atoms with van der Waals surface area (Å²) in [6, 6.07) is 5.81. The first-order chi connectivity index (χ1) is 7.22. The van der Waals surface area contributed by atoms with Gasteiger partial charge in [-0.3, -0.25) is 4.79 Å². The third-order valence-corrected chi connectivity index (χ3v) is 3.04. The Labute approximate surface area is 97.7 Å². The van der Waals surface area contributed by atoms with Crippen LogP contribution in [-0.4, -0.2) is 17.4 Å². The molecule has 0 N–H and O–H groups in total.